The summed E-state index contributed by atoms with van der Waals surface area (Å²) in [7, 11) is 7.53. The Balaban J connectivity index is 2.08. The third kappa shape index (κ3) is 4.80. The van der Waals surface area contributed by atoms with Crippen molar-refractivity contribution in [1.82, 2.24) is 0 Å². The molecule has 1 aliphatic carbocycles. The predicted octanol–water partition coefficient (Wildman–Crippen LogP) is 3.62. The van der Waals surface area contributed by atoms with Crippen molar-refractivity contribution >= 4 is 11.9 Å². The Morgan fingerprint density at radius 1 is 0.744 bits per heavy atom. The normalized spacial score (nSPS) is 15.3. The number of carbonyl (C=O) groups is 1. The molecule has 0 saturated heterocycles. The summed E-state index contributed by atoms with van der Waals surface area (Å²) in [5.41, 5.74) is 3.84. The highest BCUT2D eigenvalue weighted by Crippen LogP contribution is 2.51. The molecule has 9 heteroatoms. The fourth-order valence-corrected chi connectivity index (χ4v) is 5.19. The van der Waals surface area contributed by atoms with Crippen LogP contribution in [-0.4, -0.2) is 56.7 Å². The maximum absolute atomic E-state index is 14.0. The van der Waals surface area contributed by atoms with Gasteiger partial charge in [0.15, 0.2) is 17.3 Å². The molecule has 0 radical (unpaired) electrons. The van der Waals surface area contributed by atoms with Gasteiger partial charge in [0, 0.05) is 45.4 Å². The van der Waals surface area contributed by atoms with Crippen molar-refractivity contribution < 1.29 is 43.8 Å². The number of ketones is 1. The number of aliphatic hydroxyl groups excluding tert-OH is 3. The zero-order chi connectivity index (χ0) is 28.3. The lowest BCUT2D eigenvalue weighted by Gasteiger charge is -2.22. The number of methoxy groups -OCH3 is 5. The number of ether oxygens (including phenoxy) is 5. The lowest BCUT2D eigenvalue weighted by atomic mass is 9.85. The molecule has 0 amide bonds. The Morgan fingerprint density at radius 2 is 1.44 bits per heavy atom. The van der Waals surface area contributed by atoms with Crippen LogP contribution in [0.25, 0.3) is 6.08 Å². The van der Waals surface area contributed by atoms with E-state index in [2.05, 4.69) is 0 Å². The number of hydrogen-bond acceptors (Lipinski definition) is 9. The molecule has 206 valence electrons. The van der Waals surface area contributed by atoms with E-state index in [0.29, 0.717) is 73.3 Å². The highest BCUT2D eigenvalue weighted by Gasteiger charge is 2.40. The molecule has 1 unspecified atom stereocenters. The molecule has 9 nitrogen and oxygen atoms in total. The minimum Gasteiger partial charge on any atom is -0.497 e. The van der Waals surface area contributed by atoms with Crippen molar-refractivity contribution in [3.8, 4) is 28.7 Å². The van der Waals surface area contributed by atoms with Crippen LogP contribution in [0.3, 0.4) is 0 Å². The molecule has 39 heavy (non-hydrogen) atoms. The molecule has 3 aromatic carbocycles. The third-order valence-corrected chi connectivity index (χ3v) is 6.99. The lowest BCUT2D eigenvalue weighted by Crippen LogP contribution is -2.08. The summed E-state index contributed by atoms with van der Waals surface area (Å²) in [5.74, 6) is 1.24. The van der Waals surface area contributed by atoms with Crippen LogP contribution in [0.2, 0.25) is 0 Å². The zero-order valence-corrected chi connectivity index (χ0v) is 22.5. The van der Waals surface area contributed by atoms with Crippen molar-refractivity contribution in [2.75, 3.05) is 35.5 Å². The Bertz CT molecular complexity index is 1400. The van der Waals surface area contributed by atoms with Crippen molar-refractivity contribution in [2.24, 2.45) is 0 Å². The minimum absolute atomic E-state index is 0.273. The largest absolute Gasteiger partial charge is 0.497 e. The van der Waals surface area contributed by atoms with Gasteiger partial charge < -0.3 is 39.0 Å². The van der Waals surface area contributed by atoms with Crippen molar-refractivity contribution in [3.63, 3.8) is 0 Å². The molecule has 0 bridgehead atoms. The molecule has 4 rings (SSSR count). The van der Waals surface area contributed by atoms with E-state index in [1.165, 1.54) is 28.4 Å². The molecule has 0 aliphatic heterocycles. The van der Waals surface area contributed by atoms with Crippen LogP contribution in [-0.2, 0) is 19.8 Å². The van der Waals surface area contributed by atoms with Gasteiger partial charge in [-0.15, -0.1) is 0 Å². The standard InChI is InChI=1S/C30H32O9/c1-35-20-7-6-16(24(12-20)36-2)9-21-26(17-8-19(14-32)29(38-4)25(11-17)37-3)27-22(28(21)34)10-18(13-31)23(15-33)30(27)39-5/h6-12,26,31-33H,13-15H2,1-5H3/b21-9-. The van der Waals surface area contributed by atoms with Crippen LogP contribution in [0.1, 0.15) is 49.7 Å². The SMILES string of the molecule is COc1ccc(/C=C2\C(=O)c3cc(CO)c(CO)c(OC)c3C2c2cc(CO)c(OC)c(OC)c2)c(OC)c1. The van der Waals surface area contributed by atoms with Crippen molar-refractivity contribution in [1.29, 1.82) is 0 Å². The molecule has 0 heterocycles. The number of fused-ring (bicyclic) bond motifs is 1. The van der Waals surface area contributed by atoms with E-state index in [0.717, 1.165) is 0 Å². The van der Waals surface area contributed by atoms with Gasteiger partial charge in [0.1, 0.15) is 17.2 Å². The molecule has 3 aromatic rings. The van der Waals surface area contributed by atoms with Crippen LogP contribution >= 0.6 is 0 Å². The van der Waals surface area contributed by atoms with Gasteiger partial charge in [-0.05, 0) is 47.5 Å². The first kappa shape index (κ1) is 28.0. The highest BCUT2D eigenvalue weighted by atomic mass is 16.5. The van der Waals surface area contributed by atoms with E-state index in [9.17, 15) is 20.1 Å². The van der Waals surface area contributed by atoms with E-state index in [-0.39, 0.29) is 19.0 Å². The summed E-state index contributed by atoms with van der Waals surface area (Å²) < 4.78 is 27.7. The molecule has 1 aliphatic rings. The van der Waals surface area contributed by atoms with Crippen LogP contribution in [0.5, 0.6) is 28.7 Å². The summed E-state index contributed by atoms with van der Waals surface area (Å²) in [6.07, 6.45) is 1.75. The van der Waals surface area contributed by atoms with Gasteiger partial charge in [0.05, 0.1) is 55.4 Å². The Hall–Kier alpha value is -4.05. The van der Waals surface area contributed by atoms with Gasteiger partial charge in [-0.2, -0.15) is 0 Å². The predicted molar refractivity (Wildman–Crippen MR) is 144 cm³/mol. The van der Waals surface area contributed by atoms with Gasteiger partial charge in [0.25, 0.3) is 0 Å². The first-order valence-electron chi connectivity index (χ1n) is 12.2. The van der Waals surface area contributed by atoms with Crippen molar-refractivity contribution in [2.45, 2.75) is 25.7 Å². The molecular weight excluding hydrogens is 504 g/mol. The average Bonchev–Trinajstić information content (AvgIpc) is 3.25. The van der Waals surface area contributed by atoms with E-state index in [1.807, 2.05) is 0 Å². The number of allylic oxidation sites excluding steroid dienone is 1. The second-order valence-corrected chi connectivity index (χ2v) is 8.87. The molecule has 1 atom stereocenters. The molecule has 0 spiro atoms. The Labute approximate surface area is 226 Å². The quantitative estimate of drug-likeness (QED) is 0.333. The van der Waals surface area contributed by atoms with E-state index in [1.54, 1.807) is 49.6 Å². The minimum atomic E-state index is -0.669. The van der Waals surface area contributed by atoms with Gasteiger partial charge in [0.2, 0.25) is 0 Å². The van der Waals surface area contributed by atoms with Gasteiger partial charge in [-0.1, -0.05) is 0 Å². The van der Waals surface area contributed by atoms with Gasteiger partial charge >= 0.3 is 0 Å². The molecule has 0 fully saturated rings. The van der Waals surface area contributed by atoms with E-state index < -0.39 is 12.5 Å². The fraction of sp³-hybridized carbons (Fsp3) is 0.300. The summed E-state index contributed by atoms with van der Waals surface area (Å²) in [6, 6.07) is 10.4. The summed E-state index contributed by atoms with van der Waals surface area (Å²) in [6.45, 7) is -1.10. The topological polar surface area (TPSA) is 124 Å². The smallest absolute Gasteiger partial charge is 0.190 e. The Kier molecular flexibility index (Phi) is 8.44. The summed E-state index contributed by atoms with van der Waals surface area (Å²) in [4.78, 5) is 14.0. The summed E-state index contributed by atoms with van der Waals surface area (Å²) >= 11 is 0. The maximum Gasteiger partial charge on any atom is 0.190 e. The zero-order valence-electron chi connectivity index (χ0n) is 22.5. The lowest BCUT2D eigenvalue weighted by molar-refractivity contribution is 0.103. The second-order valence-electron chi connectivity index (χ2n) is 8.87. The number of hydrogen-bond donors (Lipinski definition) is 3. The monoisotopic (exact) mass is 536 g/mol. The van der Waals surface area contributed by atoms with E-state index in [4.69, 9.17) is 23.7 Å². The maximum atomic E-state index is 14.0. The number of rotatable bonds is 10. The van der Waals surface area contributed by atoms with E-state index >= 15 is 0 Å². The molecule has 0 aromatic heterocycles. The number of benzene rings is 3. The second kappa shape index (κ2) is 11.8. The number of aliphatic hydroxyl groups is 3. The molecular formula is C30H32O9. The van der Waals surface area contributed by atoms with Gasteiger partial charge in [-0.25, -0.2) is 0 Å². The molecule has 0 saturated carbocycles. The first-order chi connectivity index (χ1) is 18.9. The first-order valence-corrected chi connectivity index (χ1v) is 12.2. The fourth-order valence-electron chi connectivity index (χ4n) is 5.19. The number of carbonyl (C=O) groups excluding carboxylic acids is 1. The average molecular weight is 537 g/mol. The number of Topliss-reactive ketones (excluding diaryl/α,β-unsaturated/α-hetero) is 1. The highest BCUT2D eigenvalue weighted by molar-refractivity contribution is 6.18. The van der Waals surface area contributed by atoms with Crippen LogP contribution in [0.15, 0.2) is 42.0 Å². The van der Waals surface area contributed by atoms with Gasteiger partial charge in [-0.3, -0.25) is 4.79 Å². The Morgan fingerprint density at radius 3 is 2.00 bits per heavy atom. The van der Waals surface area contributed by atoms with Crippen LogP contribution in [0.4, 0.5) is 0 Å². The van der Waals surface area contributed by atoms with Crippen LogP contribution < -0.4 is 23.7 Å². The molecule has 3 N–H and O–H groups in total. The van der Waals surface area contributed by atoms with Crippen molar-refractivity contribution in [3.05, 3.63) is 80.9 Å². The summed E-state index contributed by atoms with van der Waals surface area (Å²) in [5, 5.41) is 30.3. The third-order valence-electron chi connectivity index (χ3n) is 6.99. The van der Waals surface area contributed by atoms with Crippen LogP contribution in [0, 0.1) is 0 Å².